The van der Waals surface area contributed by atoms with Crippen molar-refractivity contribution in [2.75, 3.05) is 31.4 Å². The molecule has 1 fully saturated rings. The van der Waals surface area contributed by atoms with Crippen molar-refractivity contribution in [2.24, 2.45) is 5.92 Å². The van der Waals surface area contributed by atoms with Gasteiger partial charge >= 0.3 is 0 Å². The first-order chi connectivity index (χ1) is 13.4. The SMILES string of the molecule is COc1ccc(S(=O)(=O)C[C@H]2CCOC2)cc1C(=O)Nc1cccc(C#N)c1. The molecule has 0 saturated carbocycles. The van der Waals surface area contributed by atoms with Gasteiger partial charge in [-0.2, -0.15) is 5.26 Å². The van der Waals surface area contributed by atoms with Crippen molar-refractivity contribution >= 4 is 21.4 Å². The lowest BCUT2D eigenvalue weighted by atomic mass is 10.1. The summed E-state index contributed by atoms with van der Waals surface area (Å²) >= 11 is 0. The number of carbonyl (C=O) groups excluding carboxylic acids is 1. The molecule has 146 valence electrons. The standard InChI is InChI=1S/C20H20N2O5S/c1-26-19-6-5-17(28(24,25)13-15-7-8-27-12-15)10-18(19)20(23)22-16-4-2-3-14(9-16)11-21/h2-6,9-10,15H,7-8,12-13H2,1H3,(H,22,23)/t15-/m0/s1. The topological polar surface area (TPSA) is 105 Å². The molecule has 3 rings (SSSR count). The quantitative estimate of drug-likeness (QED) is 0.799. The van der Waals surface area contributed by atoms with Crippen LogP contribution in [0, 0.1) is 17.2 Å². The summed E-state index contributed by atoms with van der Waals surface area (Å²) in [5.41, 5.74) is 0.941. The van der Waals surface area contributed by atoms with Crippen LogP contribution in [0.1, 0.15) is 22.3 Å². The molecule has 1 N–H and O–H groups in total. The average Bonchev–Trinajstić information content (AvgIpc) is 3.19. The molecule has 0 radical (unpaired) electrons. The zero-order valence-electron chi connectivity index (χ0n) is 15.3. The molecular formula is C20H20N2O5S. The minimum absolute atomic E-state index is 0.0232. The van der Waals surface area contributed by atoms with E-state index in [1.54, 1.807) is 18.2 Å². The maximum absolute atomic E-state index is 12.7. The van der Waals surface area contributed by atoms with Gasteiger partial charge in [0.05, 0.1) is 41.6 Å². The summed E-state index contributed by atoms with van der Waals surface area (Å²) in [7, 11) is -2.16. The van der Waals surface area contributed by atoms with Crippen LogP contribution in [-0.4, -0.2) is 40.4 Å². The van der Waals surface area contributed by atoms with E-state index in [0.29, 0.717) is 30.9 Å². The van der Waals surface area contributed by atoms with Gasteiger partial charge in [-0.1, -0.05) is 6.07 Å². The molecule has 28 heavy (non-hydrogen) atoms. The van der Waals surface area contributed by atoms with E-state index in [1.807, 2.05) is 6.07 Å². The number of hydrogen-bond donors (Lipinski definition) is 1. The van der Waals surface area contributed by atoms with E-state index in [4.69, 9.17) is 14.7 Å². The molecule has 8 heteroatoms. The summed E-state index contributed by atoms with van der Waals surface area (Å²) in [5, 5.41) is 11.7. The fourth-order valence-electron chi connectivity index (χ4n) is 3.04. The van der Waals surface area contributed by atoms with Gasteiger partial charge in [-0.25, -0.2) is 8.42 Å². The van der Waals surface area contributed by atoms with E-state index in [9.17, 15) is 13.2 Å². The number of methoxy groups -OCH3 is 1. The number of amides is 1. The van der Waals surface area contributed by atoms with Gasteiger partial charge < -0.3 is 14.8 Å². The van der Waals surface area contributed by atoms with Gasteiger partial charge in [0.15, 0.2) is 9.84 Å². The number of rotatable bonds is 6. The molecule has 0 bridgehead atoms. The van der Waals surface area contributed by atoms with E-state index < -0.39 is 15.7 Å². The summed E-state index contributed by atoms with van der Waals surface area (Å²) < 4.78 is 36.0. The fraction of sp³-hybridized carbons (Fsp3) is 0.300. The van der Waals surface area contributed by atoms with Crippen LogP contribution in [0.5, 0.6) is 5.75 Å². The van der Waals surface area contributed by atoms with Crippen LogP contribution in [-0.2, 0) is 14.6 Å². The molecule has 1 saturated heterocycles. The second-order valence-electron chi connectivity index (χ2n) is 6.52. The number of nitrogens with zero attached hydrogens (tertiary/aromatic N) is 1. The Hall–Kier alpha value is -2.89. The Morgan fingerprint density at radius 2 is 2.14 bits per heavy atom. The van der Waals surface area contributed by atoms with Gasteiger partial charge in [-0.15, -0.1) is 0 Å². The Labute approximate surface area is 163 Å². The van der Waals surface area contributed by atoms with E-state index in [0.717, 1.165) is 0 Å². The molecule has 2 aromatic rings. The third kappa shape index (κ3) is 4.50. The Morgan fingerprint density at radius 3 is 2.82 bits per heavy atom. The number of ether oxygens (including phenoxy) is 2. The lowest BCUT2D eigenvalue weighted by Gasteiger charge is -2.13. The second kappa shape index (κ2) is 8.42. The van der Waals surface area contributed by atoms with Crippen molar-refractivity contribution in [3.8, 4) is 11.8 Å². The van der Waals surface area contributed by atoms with Crippen LogP contribution in [0.3, 0.4) is 0 Å². The Morgan fingerprint density at radius 1 is 1.32 bits per heavy atom. The molecule has 0 aromatic heterocycles. The normalized spacial score (nSPS) is 16.4. The smallest absolute Gasteiger partial charge is 0.259 e. The van der Waals surface area contributed by atoms with Crippen LogP contribution in [0.2, 0.25) is 0 Å². The van der Waals surface area contributed by atoms with Crippen molar-refractivity contribution in [3.63, 3.8) is 0 Å². The van der Waals surface area contributed by atoms with Crippen molar-refractivity contribution in [2.45, 2.75) is 11.3 Å². The predicted octanol–water partition coefficient (Wildman–Crippen LogP) is 2.63. The average molecular weight is 400 g/mol. The van der Waals surface area contributed by atoms with E-state index in [-0.39, 0.29) is 27.9 Å². The van der Waals surface area contributed by atoms with Crippen LogP contribution < -0.4 is 10.1 Å². The van der Waals surface area contributed by atoms with Crippen LogP contribution in [0.15, 0.2) is 47.4 Å². The van der Waals surface area contributed by atoms with Crippen molar-refractivity contribution in [1.29, 1.82) is 5.26 Å². The van der Waals surface area contributed by atoms with Gasteiger partial charge in [-0.3, -0.25) is 4.79 Å². The van der Waals surface area contributed by atoms with Crippen molar-refractivity contribution in [3.05, 3.63) is 53.6 Å². The summed E-state index contributed by atoms with van der Waals surface area (Å²) in [5.74, 6) is -0.326. The monoisotopic (exact) mass is 400 g/mol. The number of benzene rings is 2. The highest BCUT2D eigenvalue weighted by molar-refractivity contribution is 7.91. The number of carbonyl (C=O) groups is 1. The van der Waals surface area contributed by atoms with Gasteiger partial charge in [0.1, 0.15) is 5.75 Å². The zero-order chi connectivity index (χ0) is 20.1. The summed E-state index contributed by atoms with van der Waals surface area (Å²) in [6, 6.07) is 12.7. The molecule has 7 nitrogen and oxygen atoms in total. The van der Waals surface area contributed by atoms with Gasteiger partial charge in [0, 0.05) is 12.3 Å². The van der Waals surface area contributed by atoms with E-state index in [2.05, 4.69) is 5.32 Å². The Kier molecular flexibility index (Phi) is 5.97. The summed E-state index contributed by atoms with van der Waals surface area (Å²) in [6.07, 6.45) is 0.706. The highest BCUT2D eigenvalue weighted by Gasteiger charge is 2.26. The predicted molar refractivity (Wildman–Crippen MR) is 103 cm³/mol. The highest BCUT2D eigenvalue weighted by atomic mass is 32.2. The Balaban J connectivity index is 1.88. The number of sulfone groups is 1. The molecule has 0 spiro atoms. The highest BCUT2D eigenvalue weighted by Crippen LogP contribution is 2.26. The molecule has 1 amide bonds. The number of nitrogens with one attached hydrogen (secondary N) is 1. The fourth-order valence-corrected chi connectivity index (χ4v) is 4.69. The maximum Gasteiger partial charge on any atom is 0.259 e. The molecule has 0 unspecified atom stereocenters. The number of anilines is 1. The van der Waals surface area contributed by atoms with Crippen molar-refractivity contribution < 1.29 is 22.7 Å². The third-order valence-electron chi connectivity index (χ3n) is 4.50. The zero-order valence-corrected chi connectivity index (χ0v) is 16.2. The first-order valence-electron chi connectivity index (χ1n) is 8.73. The molecule has 0 aliphatic carbocycles. The van der Waals surface area contributed by atoms with Gasteiger partial charge in [0.25, 0.3) is 5.91 Å². The molecule has 1 aliphatic heterocycles. The van der Waals surface area contributed by atoms with Crippen LogP contribution in [0.25, 0.3) is 0 Å². The molecule has 1 atom stereocenters. The largest absolute Gasteiger partial charge is 0.496 e. The van der Waals surface area contributed by atoms with Gasteiger partial charge in [-0.05, 0) is 48.7 Å². The minimum atomic E-state index is -3.57. The lowest BCUT2D eigenvalue weighted by Crippen LogP contribution is -2.18. The minimum Gasteiger partial charge on any atom is -0.496 e. The van der Waals surface area contributed by atoms with Crippen molar-refractivity contribution in [1.82, 2.24) is 0 Å². The molecular weight excluding hydrogens is 380 g/mol. The van der Waals surface area contributed by atoms with Crippen LogP contribution in [0.4, 0.5) is 5.69 Å². The number of hydrogen-bond acceptors (Lipinski definition) is 6. The lowest BCUT2D eigenvalue weighted by molar-refractivity contribution is 0.102. The van der Waals surface area contributed by atoms with Gasteiger partial charge in [0.2, 0.25) is 0 Å². The number of nitriles is 1. The van der Waals surface area contributed by atoms with Crippen LogP contribution >= 0.6 is 0 Å². The molecule has 2 aromatic carbocycles. The molecule has 1 aliphatic rings. The maximum atomic E-state index is 12.7. The summed E-state index contributed by atoms with van der Waals surface area (Å²) in [6.45, 7) is 0.996. The first-order valence-corrected chi connectivity index (χ1v) is 10.4. The van der Waals surface area contributed by atoms with E-state index >= 15 is 0 Å². The summed E-state index contributed by atoms with van der Waals surface area (Å²) in [4.78, 5) is 12.8. The second-order valence-corrected chi connectivity index (χ2v) is 8.55. The molecule has 1 heterocycles. The first kappa shape index (κ1) is 19.9. The third-order valence-corrected chi connectivity index (χ3v) is 6.39. The van der Waals surface area contributed by atoms with E-state index in [1.165, 1.54) is 31.4 Å². The Bertz CT molecular complexity index is 1020.